The molecule has 1 aliphatic heterocycles. The molecule has 0 aliphatic carbocycles. The summed E-state index contributed by atoms with van der Waals surface area (Å²) in [6, 6.07) is 13.8. The molecule has 3 aromatic rings. The first kappa shape index (κ1) is 18.9. The highest BCUT2D eigenvalue weighted by molar-refractivity contribution is 7.22. The fourth-order valence-electron chi connectivity index (χ4n) is 3.48. The van der Waals surface area contributed by atoms with E-state index < -0.39 is 0 Å². The number of para-hydroxylation sites is 1. The van der Waals surface area contributed by atoms with Crippen LogP contribution < -0.4 is 9.64 Å². The molecule has 1 aliphatic rings. The zero-order valence-electron chi connectivity index (χ0n) is 16.2. The van der Waals surface area contributed by atoms with Crippen molar-refractivity contribution < 1.29 is 14.3 Å². The van der Waals surface area contributed by atoms with E-state index in [0.29, 0.717) is 13.0 Å². The third-order valence-corrected chi connectivity index (χ3v) is 6.11. The van der Waals surface area contributed by atoms with Gasteiger partial charge in [-0.3, -0.25) is 9.69 Å². The van der Waals surface area contributed by atoms with Crippen molar-refractivity contribution in [1.29, 1.82) is 0 Å². The molecule has 0 radical (unpaired) electrons. The van der Waals surface area contributed by atoms with Gasteiger partial charge in [-0.25, -0.2) is 4.98 Å². The summed E-state index contributed by atoms with van der Waals surface area (Å²) >= 11 is 1.57. The Bertz CT molecular complexity index is 962. The van der Waals surface area contributed by atoms with Crippen LogP contribution in [0.2, 0.25) is 0 Å². The quantitative estimate of drug-likeness (QED) is 0.621. The third kappa shape index (κ3) is 4.03. The van der Waals surface area contributed by atoms with Crippen LogP contribution in [0.3, 0.4) is 0 Å². The minimum Gasteiger partial charge on any atom is -0.497 e. The number of thiazole rings is 1. The van der Waals surface area contributed by atoms with Crippen LogP contribution in [0, 0.1) is 6.92 Å². The molecular formula is C22H24N2O3S. The van der Waals surface area contributed by atoms with E-state index in [9.17, 15) is 4.79 Å². The van der Waals surface area contributed by atoms with E-state index in [-0.39, 0.29) is 12.0 Å². The molecule has 1 aromatic heterocycles. The minimum atomic E-state index is 0.0392. The van der Waals surface area contributed by atoms with Crippen molar-refractivity contribution in [2.45, 2.75) is 32.3 Å². The number of anilines is 1. The zero-order chi connectivity index (χ0) is 19.5. The smallest absolute Gasteiger partial charge is 0.233 e. The highest BCUT2D eigenvalue weighted by Crippen LogP contribution is 2.32. The Kier molecular flexibility index (Phi) is 5.59. The van der Waals surface area contributed by atoms with Crippen LogP contribution >= 0.6 is 11.3 Å². The van der Waals surface area contributed by atoms with Crippen molar-refractivity contribution in [3.05, 3.63) is 53.6 Å². The second-order valence-corrected chi connectivity index (χ2v) is 8.09. The van der Waals surface area contributed by atoms with Crippen molar-refractivity contribution in [3.8, 4) is 5.75 Å². The monoisotopic (exact) mass is 396 g/mol. The fourth-order valence-corrected chi connectivity index (χ4v) is 4.55. The number of aromatic nitrogens is 1. The highest BCUT2D eigenvalue weighted by Gasteiger charge is 2.26. The summed E-state index contributed by atoms with van der Waals surface area (Å²) in [5.74, 6) is 0.825. The van der Waals surface area contributed by atoms with Gasteiger partial charge in [-0.15, -0.1) is 0 Å². The van der Waals surface area contributed by atoms with Crippen LogP contribution in [0.25, 0.3) is 10.2 Å². The standard InChI is InChI=1S/C22H24N2O3S/c1-15-5-3-7-19-21(15)23-22(28-19)24(14-18-6-4-12-27-18)20(25)13-16-8-10-17(26-2)11-9-16/h3,5,7-11,18H,4,6,12-14H2,1-2H3. The molecule has 0 spiro atoms. The molecular weight excluding hydrogens is 372 g/mol. The van der Waals surface area contributed by atoms with Gasteiger partial charge in [0, 0.05) is 6.61 Å². The number of benzene rings is 2. The first-order valence-corrected chi connectivity index (χ1v) is 10.4. The van der Waals surface area contributed by atoms with Crippen molar-refractivity contribution in [2.24, 2.45) is 0 Å². The molecule has 1 amide bonds. The van der Waals surface area contributed by atoms with E-state index in [1.807, 2.05) is 35.2 Å². The first-order chi connectivity index (χ1) is 13.6. The molecule has 6 heteroatoms. The Labute approximate surface area is 168 Å². The maximum atomic E-state index is 13.2. The molecule has 0 N–H and O–H groups in total. The number of amides is 1. The van der Waals surface area contributed by atoms with Gasteiger partial charge in [-0.05, 0) is 49.1 Å². The average molecular weight is 397 g/mol. The zero-order valence-corrected chi connectivity index (χ0v) is 17.0. The largest absolute Gasteiger partial charge is 0.497 e. The number of aryl methyl sites for hydroxylation is 1. The Morgan fingerprint density at radius 2 is 2.11 bits per heavy atom. The van der Waals surface area contributed by atoms with E-state index in [0.717, 1.165) is 51.7 Å². The molecule has 0 bridgehead atoms. The van der Waals surface area contributed by atoms with Gasteiger partial charge in [-0.1, -0.05) is 35.6 Å². The summed E-state index contributed by atoms with van der Waals surface area (Å²) in [6.07, 6.45) is 2.43. The number of hydrogen-bond donors (Lipinski definition) is 0. The van der Waals surface area contributed by atoms with Crippen LogP contribution in [0.15, 0.2) is 42.5 Å². The lowest BCUT2D eigenvalue weighted by Gasteiger charge is -2.23. The summed E-state index contributed by atoms with van der Waals surface area (Å²) < 4.78 is 12.1. The normalized spacial score (nSPS) is 16.4. The number of carbonyl (C=O) groups is 1. The summed E-state index contributed by atoms with van der Waals surface area (Å²) in [7, 11) is 1.64. The van der Waals surface area contributed by atoms with E-state index in [1.54, 1.807) is 18.4 Å². The number of carbonyl (C=O) groups excluding carboxylic acids is 1. The molecule has 0 saturated carbocycles. The fraction of sp³-hybridized carbons (Fsp3) is 0.364. The molecule has 5 nitrogen and oxygen atoms in total. The Morgan fingerprint density at radius 3 is 2.79 bits per heavy atom. The van der Waals surface area contributed by atoms with Gasteiger partial charge in [-0.2, -0.15) is 0 Å². The summed E-state index contributed by atoms with van der Waals surface area (Å²) in [4.78, 5) is 19.8. The van der Waals surface area contributed by atoms with Crippen LogP contribution in [0.4, 0.5) is 5.13 Å². The van der Waals surface area contributed by atoms with Crippen LogP contribution in [-0.2, 0) is 16.0 Å². The van der Waals surface area contributed by atoms with Crippen molar-refractivity contribution >= 4 is 32.6 Å². The SMILES string of the molecule is COc1ccc(CC(=O)N(CC2CCCO2)c2nc3c(C)cccc3s2)cc1. The number of fused-ring (bicyclic) bond motifs is 1. The second-order valence-electron chi connectivity index (χ2n) is 7.08. The van der Waals surface area contributed by atoms with Gasteiger partial charge in [0.15, 0.2) is 5.13 Å². The Morgan fingerprint density at radius 1 is 1.29 bits per heavy atom. The third-order valence-electron chi connectivity index (χ3n) is 5.07. The van der Waals surface area contributed by atoms with Gasteiger partial charge in [0.05, 0.1) is 36.4 Å². The van der Waals surface area contributed by atoms with E-state index >= 15 is 0 Å². The maximum absolute atomic E-state index is 13.2. The number of hydrogen-bond acceptors (Lipinski definition) is 5. The predicted molar refractivity (Wildman–Crippen MR) is 112 cm³/mol. The van der Waals surface area contributed by atoms with Gasteiger partial charge >= 0.3 is 0 Å². The Hall–Kier alpha value is -2.44. The predicted octanol–water partition coefficient (Wildman–Crippen LogP) is 4.37. The number of methoxy groups -OCH3 is 1. The van der Waals surface area contributed by atoms with Crippen molar-refractivity contribution in [2.75, 3.05) is 25.2 Å². The lowest BCUT2D eigenvalue weighted by Crippen LogP contribution is -2.38. The van der Waals surface area contributed by atoms with Crippen molar-refractivity contribution in [1.82, 2.24) is 4.98 Å². The molecule has 1 saturated heterocycles. The van der Waals surface area contributed by atoms with E-state index in [1.165, 1.54) is 0 Å². The highest BCUT2D eigenvalue weighted by atomic mass is 32.1. The van der Waals surface area contributed by atoms with E-state index in [2.05, 4.69) is 19.1 Å². The molecule has 2 heterocycles. The lowest BCUT2D eigenvalue weighted by atomic mass is 10.1. The number of ether oxygens (including phenoxy) is 2. The molecule has 1 unspecified atom stereocenters. The minimum absolute atomic E-state index is 0.0392. The molecule has 2 aromatic carbocycles. The van der Waals surface area contributed by atoms with Crippen LogP contribution in [-0.4, -0.2) is 37.3 Å². The molecule has 4 rings (SSSR count). The average Bonchev–Trinajstić information content (AvgIpc) is 3.37. The van der Waals surface area contributed by atoms with Gasteiger partial charge in [0.25, 0.3) is 0 Å². The summed E-state index contributed by atoms with van der Waals surface area (Å²) in [5.41, 5.74) is 3.05. The topological polar surface area (TPSA) is 51.7 Å². The Balaban J connectivity index is 1.61. The molecule has 1 atom stereocenters. The lowest BCUT2D eigenvalue weighted by molar-refractivity contribution is -0.118. The number of rotatable bonds is 6. The molecule has 146 valence electrons. The van der Waals surface area contributed by atoms with Gasteiger partial charge in [0.2, 0.25) is 5.91 Å². The van der Waals surface area contributed by atoms with Crippen molar-refractivity contribution in [3.63, 3.8) is 0 Å². The van der Waals surface area contributed by atoms with E-state index in [4.69, 9.17) is 14.5 Å². The molecule has 1 fully saturated rings. The van der Waals surface area contributed by atoms with Gasteiger partial charge < -0.3 is 9.47 Å². The molecule has 28 heavy (non-hydrogen) atoms. The van der Waals surface area contributed by atoms with Crippen LogP contribution in [0.1, 0.15) is 24.0 Å². The number of nitrogens with zero attached hydrogens (tertiary/aromatic N) is 2. The maximum Gasteiger partial charge on any atom is 0.233 e. The summed E-state index contributed by atoms with van der Waals surface area (Å²) in [5, 5.41) is 0.748. The summed E-state index contributed by atoms with van der Waals surface area (Å²) in [6.45, 7) is 3.37. The first-order valence-electron chi connectivity index (χ1n) is 9.55. The van der Waals surface area contributed by atoms with Gasteiger partial charge in [0.1, 0.15) is 5.75 Å². The van der Waals surface area contributed by atoms with Crippen LogP contribution in [0.5, 0.6) is 5.75 Å². The second kappa shape index (κ2) is 8.29.